The van der Waals surface area contributed by atoms with Crippen molar-refractivity contribution in [2.45, 2.75) is 0 Å². The normalized spacial score (nSPS) is 10.6. The fourth-order valence-electron chi connectivity index (χ4n) is 2.68. The van der Waals surface area contributed by atoms with E-state index in [0.29, 0.717) is 33.2 Å². The van der Waals surface area contributed by atoms with Gasteiger partial charge in [0.2, 0.25) is 0 Å². The third-order valence-corrected chi connectivity index (χ3v) is 5.00. The van der Waals surface area contributed by atoms with E-state index in [2.05, 4.69) is 26.5 Å². The van der Waals surface area contributed by atoms with E-state index in [1.807, 2.05) is 0 Å². The number of carbonyl (C=O) groups excluding carboxylic acids is 2. The minimum absolute atomic E-state index is 0.243. The molecule has 0 atom stereocenters. The first-order chi connectivity index (χ1) is 15.4. The van der Waals surface area contributed by atoms with Crippen molar-refractivity contribution in [3.63, 3.8) is 0 Å². The summed E-state index contributed by atoms with van der Waals surface area (Å²) in [7, 11) is 2.94. The van der Waals surface area contributed by atoms with Crippen molar-refractivity contribution in [2.24, 2.45) is 5.10 Å². The minimum atomic E-state index is -0.545. The molecule has 7 nitrogen and oxygen atoms in total. The van der Waals surface area contributed by atoms with Crippen molar-refractivity contribution in [3.8, 4) is 17.2 Å². The standard InChI is InChI=1S/C23H18BrClN2O5/c1-30-19-10-6-16(24)12-18(19)22(28)27-26-13-14-3-9-20(21(11-14)31-2)32-23(29)15-4-7-17(25)8-5-15/h3-13H,1-2H3,(H,27,28)/b26-13+. The molecular formula is C23H18BrClN2O5. The van der Waals surface area contributed by atoms with E-state index in [4.69, 9.17) is 25.8 Å². The maximum Gasteiger partial charge on any atom is 0.343 e. The number of halogens is 2. The van der Waals surface area contributed by atoms with Gasteiger partial charge < -0.3 is 14.2 Å². The summed E-state index contributed by atoms with van der Waals surface area (Å²) in [5.74, 6) is 0.0229. The predicted molar refractivity (Wildman–Crippen MR) is 125 cm³/mol. The van der Waals surface area contributed by atoms with Crippen LogP contribution in [-0.4, -0.2) is 32.3 Å². The van der Waals surface area contributed by atoms with Gasteiger partial charge in [-0.25, -0.2) is 10.2 Å². The molecule has 0 saturated carbocycles. The molecule has 3 rings (SSSR count). The molecular weight excluding hydrogens is 500 g/mol. The van der Waals surface area contributed by atoms with Gasteiger partial charge in [-0.2, -0.15) is 5.10 Å². The Balaban J connectivity index is 1.69. The first-order valence-corrected chi connectivity index (χ1v) is 10.4. The fraction of sp³-hybridized carbons (Fsp3) is 0.0870. The summed E-state index contributed by atoms with van der Waals surface area (Å²) in [6.07, 6.45) is 1.44. The van der Waals surface area contributed by atoms with Crippen LogP contribution in [0.25, 0.3) is 0 Å². The largest absolute Gasteiger partial charge is 0.496 e. The van der Waals surface area contributed by atoms with Crippen LogP contribution in [0.1, 0.15) is 26.3 Å². The molecule has 3 aromatic rings. The van der Waals surface area contributed by atoms with E-state index in [9.17, 15) is 9.59 Å². The van der Waals surface area contributed by atoms with Gasteiger partial charge in [0, 0.05) is 9.50 Å². The number of carbonyl (C=O) groups is 2. The van der Waals surface area contributed by atoms with E-state index < -0.39 is 11.9 Å². The average molecular weight is 518 g/mol. The number of nitrogens with zero attached hydrogens (tertiary/aromatic N) is 1. The van der Waals surface area contributed by atoms with Crippen LogP contribution in [0.15, 0.2) is 70.2 Å². The Morgan fingerprint density at radius 1 is 0.938 bits per heavy atom. The van der Waals surface area contributed by atoms with Crippen LogP contribution < -0.4 is 19.6 Å². The molecule has 32 heavy (non-hydrogen) atoms. The molecule has 0 radical (unpaired) electrons. The van der Waals surface area contributed by atoms with Crippen LogP contribution in [0.4, 0.5) is 0 Å². The molecule has 0 spiro atoms. The van der Waals surface area contributed by atoms with Crippen LogP contribution in [0.2, 0.25) is 5.02 Å². The second-order valence-corrected chi connectivity index (χ2v) is 7.70. The summed E-state index contributed by atoms with van der Waals surface area (Å²) in [5, 5.41) is 4.50. The van der Waals surface area contributed by atoms with Crippen molar-refractivity contribution >= 4 is 45.6 Å². The van der Waals surface area contributed by atoms with E-state index in [-0.39, 0.29) is 5.75 Å². The van der Waals surface area contributed by atoms with Gasteiger partial charge in [-0.05, 0) is 66.2 Å². The first kappa shape index (κ1) is 23.3. The number of esters is 1. The fourth-order valence-corrected chi connectivity index (χ4v) is 3.16. The monoisotopic (exact) mass is 516 g/mol. The topological polar surface area (TPSA) is 86.2 Å². The molecule has 0 aliphatic carbocycles. The van der Waals surface area contributed by atoms with Crippen molar-refractivity contribution in [2.75, 3.05) is 14.2 Å². The van der Waals surface area contributed by atoms with Crippen LogP contribution >= 0.6 is 27.5 Å². The number of benzene rings is 3. The lowest BCUT2D eigenvalue weighted by molar-refractivity contribution is 0.0729. The van der Waals surface area contributed by atoms with Crippen molar-refractivity contribution in [1.82, 2.24) is 5.43 Å². The number of amides is 1. The molecule has 1 N–H and O–H groups in total. The molecule has 0 aromatic heterocycles. The lowest BCUT2D eigenvalue weighted by Crippen LogP contribution is -2.18. The Morgan fingerprint density at radius 2 is 1.62 bits per heavy atom. The van der Waals surface area contributed by atoms with Crippen LogP contribution in [-0.2, 0) is 0 Å². The summed E-state index contributed by atoms with van der Waals surface area (Å²) < 4.78 is 16.7. The number of hydrazone groups is 1. The van der Waals surface area contributed by atoms with Gasteiger partial charge in [0.05, 0.1) is 31.6 Å². The number of nitrogens with one attached hydrogen (secondary N) is 1. The second-order valence-electron chi connectivity index (χ2n) is 6.35. The molecule has 3 aromatic carbocycles. The van der Waals surface area contributed by atoms with Gasteiger partial charge in [-0.1, -0.05) is 27.5 Å². The van der Waals surface area contributed by atoms with Gasteiger partial charge in [0.1, 0.15) is 5.75 Å². The number of hydrogen-bond acceptors (Lipinski definition) is 6. The smallest absolute Gasteiger partial charge is 0.343 e. The molecule has 0 unspecified atom stereocenters. The SMILES string of the molecule is COc1cc(/C=N/NC(=O)c2cc(Br)ccc2OC)ccc1OC(=O)c1ccc(Cl)cc1. The highest BCUT2D eigenvalue weighted by Crippen LogP contribution is 2.28. The molecule has 0 heterocycles. The second kappa shape index (κ2) is 10.8. The summed E-state index contributed by atoms with van der Waals surface area (Å²) in [6, 6.07) is 16.3. The Kier molecular flexibility index (Phi) is 7.86. The van der Waals surface area contributed by atoms with Gasteiger partial charge >= 0.3 is 5.97 Å². The Bertz CT molecular complexity index is 1170. The highest BCUT2D eigenvalue weighted by Gasteiger charge is 2.14. The first-order valence-electron chi connectivity index (χ1n) is 9.24. The van der Waals surface area contributed by atoms with E-state index in [0.717, 1.165) is 4.47 Å². The minimum Gasteiger partial charge on any atom is -0.496 e. The molecule has 0 aliphatic heterocycles. The van der Waals surface area contributed by atoms with Gasteiger partial charge in [-0.15, -0.1) is 0 Å². The van der Waals surface area contributed by atoms with Crippen molar-refractivity contribution < 1.29 is 23.8 Å². The zero-order chi connectivity index (χ0) is 23.1. The third kappa shape index (κ3) is 5.87. The van der Waals surface area contributed by atoms with E-state index >= 15 is 0 Å². The molecule has 0 aliphatic rings. The highest BCUT2D eigenvalue weighted by atomic mass is 79.9. The zero-order valence-corrected chi connectivity index (χ0v) is 19.4. The van der Waals surface area contributed by atoms with Crippen molar-refractivity contribution in [3.05, 3.63) is 86.8 Å². The lowest BCUT2D eigenvalue weighted by atomic mass is 10.2. The Morgan fingerprint density at radius 3 is 2.31 bits per heavy atom. The summed E-state index contributed by atoms with van der Waals surface area (Å²) in [5.41, 5.74) is 3.76. The summed E-state index contributed by atoms with van der Waals surface area (Å²) >= 11 is 9.17. The maximum atomic E-state index is 12.4. The van der Waals surface area contributed by atoms with E-state index in [1.165, 1.54) is 20.4 Å². The maximum absolute atomic E-state index is 12.4. The zero-order valence-electron chi connectivity index (χ0n) is 17.1. The van der Waals surface area contributed by atoms with Crippen LogP contribution in [0, 0.1) is 0 Å². The van der Waals surface area contributed by atoms with Crippen LogP contribution in [0.5, 0.6) is 17.2 Å². The van der Waals surface area contributed by atoms with Crippen LogP contribution in [0.3, 0.4) is 0 Å². The predicted octanol–water partition coefficient (Wildman–Crippen LogP) is 5.10. The molecule has 1 amide bonds. The molecule has 0 fully saturated rings. The van der Waals surface area contributed by atoms with Gasteiger partial charge in [-0.3, -0.25) is 4.79 Å². The lowest BCUT2D eigenvalue weighted by Gasteiger charge is -2.10. The van der Waals surface area contributed by atoms with E-state index in [1.54, 1.807) is 60.7 Å². The summed E-state index contributed by atoms with van der Waals surface area (Å²) in [6.45, 7) is 0. The number of methoxy groups -OCH3 is 2. The molecule has 164 valence electrons. The molecule has 0 bridgehead atoms. The van der Waals surface area contributed by atoms with Gasteiger partial charge in [0.25, 0.3) is 5.91 Å². The highest BCUT2D eigenvalue weighted by molar-refractivity contribution is 9.10. The molecule has 9 heteroatoms. The Labute approximate surface area is 198 Å². The quantitative estimate of drug-likeness (QED) is 0.204. The third-order valence-electron chi connectivity index (χ3n) is 4.26. The number of hydrogen-bond donors (Lipinski definition) is 1. The number of rotatable bonds is 7. The molecule has 0 saturated heterocycles. The average Bonchev–Trinajstić information content (AvgIpc) is 2.80. The number of ether oxygens (including phenoxy) is 3. The summed E-state index contributed by atoms with van der Waals surface area (Å²) in [4.78, 5) is 24.7. The van der Waals surface area contributed by atoms with Gasteiger partial charge in [0.15, 0.2) is 11.5 Å². The van der Waals surface area contributed by atoms with Crippen molar-refractivity contribution in [1.29, 1.82) is 0 Å². The Hall–Kier alpha value is -3.36.